The molecule has 0 saturated carbocycles. The number of aryl methyl sites for hydroxylation is 1. The zero-order valence-corrected chi connectivity index (χ0v) is 20.2. The summed E-state index contributed by atoms with van der Waals surface area (Å²) in [6, 6.07) is 11.7. The Kier molecular flexibility index (Phi) is 8.64. The Morgan fingerprint density at radius 1 is 0.933 bits per heavy atom. The average Bonchev–Trinajstić information content (AvgIpc) is 3.09. The number of hydrogen-bond acceptors (Lipinski definition) is 5. The molecule has 0 bridgehead atoms. The maximum atomic E-state index is 5.95. The van der Waals surface area contributed by atoms with Gasteiger partial charge >= 0.3 is 0 Å². The summed E-state index contributed by atoms with van der Waals surface area (Å²) in [5.41, 5.74) is 2.94. The molecule has 0 aliphatic rings. The van der Waals surface area contributed by atoms with Gasteiger partial charge < -0.3 is 29.3 Å². The predicted molar refractivity (Wildman–Crippen MR) is 130 cm³/mol. The first-order valence-electron chi connectivity index (χ1n) is 9.31. The van der Waals surface area contributed by atoms with Crippen LogP contribution in [0.2, 0.25) is 0 Å². The van der Waals surface area contributed by atoms with Gasteiger partial charge in [0.05, 0.1) is 27.9 Å². The van der Waals surface area contributed by atoms with Crippen LogP contribution >= 0.6 is 24.0 Å². The molecule has 30 heavy (non-hydrogen) atoms. The van der Waals surface area contributed by atoms with E-state index in [1.165, 1.54) is 0 Å². The maximum Gasteiger partial charge on any atom is 0.191 e. The third-order valence-electron chi connectivity index (χ3n) is 4.82. The third kappa shape index (κ3) is 5.10. The number of nitrogens with one attached hydrogen (secondary N) is 2. The highest BCUT2D eigenvalue weighted by Gasteiger charge is 2.13. The number of halogens is 1. The second kappa shape index (κ2) is 11.0. The molecule has 2 N–H and O–H groups in total. The van der Waals surface area contributed by atoms with Crippen molar-refractivity contribution in [2.45, 2.75) is 20.0 Å². The molecule has 0 amide bonds. The van der Waals surface area contributed by atoms with Crippen LogP contribution in [0.5, 0.6) is 17.2 Å². The maximum absolute atomic E-state index is 5.95. The number of fused-ring (bicyclic) bond motifs is 1. The van der Waals surface area contributed by atoms with E-state index >= 15 is 0 Å². The molecule has 0 spiro atoms. The summed E-state index contributed by atoms with van der Waals surface area (Å²) >= 11 is 0. The minimum Gasteiger partial charge on any atom is -0.496 e. The zero-order valence-electron chi connectivity index (χ0n) is 17.9. The van der Waals surface area contributed by atoms with Gasteiger partial charge in [0, 0.05) is 36.2 Å². The largest absolute Gasteiger partial charge is 0.496 e. The molecular formula is C22H28IN3O4. The molecule has 1 heterocycles. The van der Waals surface area contributed by atoms with Crippen LogP contribution in [0.25, 0.3) is 11.0 Å². The summed E-state index contributed by atoms with van der Waals surface area (Å²) in [4.78, 5) is 4.29. The monoisotopic (exact) mass is 525 g/mol. The number of guanidine groups is 1. The lowest BCUT2D eigenvalue weighted by Gasteiger charge is -2.16. The lowest BCUT2D eigenvalue weighted by atomic mass is 10.1. The number of rotatable bonds is 7. The first-order valence-corrected chi connectivity index (χ1v) is 9.31. The third-order valence-corrected chi connectivity index (χ3v) is 4.82. The van der Waals surface area contributed by atoms with E-state index in [0.717, 1.165) is 27.9 Å². The van der Waals surface area contributed by atoms with Gasteiger partial charge in [-0.25, -0.2) is 0 Å². The van der Waals surface area contributed by atoms with Gasteiger partial charge in [0.15, 0.2) is 17.5 Å². The van der Waals surface area contributed by atoms with Gasteiger partial charge in [-0.05, 0) is 19.1 Å². The van der Waals surface area contributed by atoms with E-state index in [0.29, 0.717) is 36.3 Å². The topological polar surface area (TPSA) is 77.3 Å². The molecule has 0 atom stereocenters. The quantitative estimate of drug-likeness (QED) is 0.273. The normalized spacial score (nSPS) is 11.0. The van der Waals surface area contributed by atoms with Gasteiger partial charge in [0.25, 0.3) is 0 Å². The number of nitrogens with zero attached hydrogens (tertiary/aromatic N) is 1. The van der Waals surface area contributed by atoms with Crippen LogP contribution in [0.4, 0.5) is 0 Å². The summed E-state index contributed by atoms with van der Waals surface area (Å²) in [5.74, 6) is 3.51. The first kappa shape index (κ1) is 23.7. The van der Waals surface area contributed by atoms with Crippen LogP contribution in [0, 0.1) is 6.92 Å². The average molecular weight is 525 g/mol. The van der Waals surface area contributed by atoms with E-state index in [9.17, 15) is 0 Å². The molecule has 8 heteroatoms. The van der Waals surface area contributed by atoms with Crippen molar-refractivity contribution in [1.82, 2.24) is 10.6 Å². The van der Waals surface area contributed by atoms with Crippen LogP contribution in [0.1, 0.15) is 16.9 Å². The predicted octanol–water partition coefficient (Wildman–Crippen LogP) is 4.25. The minimum absolute atomic E-state index is 0. The van der Waals surface area contributed by atoms with E-state index in [2.05, 4.69) is 28.6 Å². The van der Waals surface area contributed by atoms with E-state index in [1.807, 2.05) is 30.3 Å². The van der Waals surface area contributed by atoms with Crippen molar-refractivity contribution in [2.24, 2.45) is 4.99 Å². The van der Waals surface area contributed by atoms with Crippen molar-refractivity contribution in [1.29, 1.82) is 0 Å². The Bertz CT molecular complexity index is 1020. The molecule has 162 valence electrons. The Hall–Kier alpha value is -2.62. The van der Waals surface area contributed by atoms with E-state index in [4.69, 9.17) is 18.6 Å². The summed E-state index contributed by atoms with van der Waals surface area (Å²) in [6.07, 6.45) is 0. The van der Waals surface area contributed by atoms with Crippen LogP contribution in [0.3, 0.4) is 0 Å². The molecule has 3 aromatic rings. The second-order valence-corrected chi connectivity index (χ2v) is 6.44. The molecule has 0 fully saturated rings. The minimum atomic E-state index is 0. The number of furan rings is 1. The Morgan fingerprint density at radius 3 is 2.20 bits per heavy atom. The Labute approximate surface area is 193 Å². The highest BCUT2D eigenvalue weighted by atomic mass is 127. The van der Waals surface area contributed by atoms with Crippen LogP contribution < -0.4 is 24.8 Å². The first-order chi connectivity index (χ1) is 14.1. The van der Waals surface area contributed by atoms with Crippen LogP contribution in [-0.4, -0.2) is 34.3 Å². The molecular weight excluding hydrogens is 497 g/mol. The summed E-state index contributed by atoms with van der Waals surface area (Å²) in [7, 11) is 6.56. The molecule has 0 saturated heterocycles. The fourth-order valence-electron chi connectivity index (χ4n) is 3.19. The standard InChI is InChI=1S/C22H27N3O4.HI/c1-14-16-8-6-7-9-17(16)29-21(14)13-25-22(23-2)24-12-15-10-19(27-4)20(28-5)11-18(15)26-3;/h6-11H,12-13H2,1-5H3,(H2,23,24,25);1H. The van der Waals surface area contributed by atoms with Gasteiger partial charge in [-0.1, -0.05) is 18.2 Å². The molecule has 0 aliphatic heterocycles. The molecule has 7 nitrogen and oxygen atoms in total. The summed E-state index contributed by atoms with van der Waals surface area (Å²) in [5, 5.41) is 7.72. The van der Waals surface area contributed by atoms with Crippen molar-refractivity contribution in [2.75, 3.05) is 28.4 Å². The van der Waals surface area contributed by atoms with Crippen molar-refractivity contribution < 1.29 is 18.6 Å². The van der Waals surface area contributed by atoms with E-state index < -0.39 is 0 Å². The van der Waals surface area contributed by atoms with Crippen molar-refractivity contribution in [3.05, 3.63) is 53.3 Å². The molecule has 0 aliphatic carbocycles. The number of methoxy groups -OCH3 is 3. The van der Waals surface area contributed by atoms with Crippen molar-refractivity contribution in [3.63, 3.8) is 0 Å². The molecule has 3 rings (SSSR count). The fourth-order valence-corrected chi connectivity index (χ4v) is 3.19. The van der Waals surface area contributed by atoms with Gasteiger partial charge in [-0.3, -0.25) is 4.99 Å². The second-order valence-electron chi connectivity index (χ2n) is 6.44. The van der Waals surface area contributed by atoms with Gasteiger partial charge in [0.1, 0.15) is 17.1 Å². The van der Waals surface area contributed by atoms with Crippen LogP contribution in [0.15, 0.2) is 45.8 Å². The highest BCUT2D eigenvalue weighted by Crippen LogP contribution is 2.34. The zero-order chi connectivity index (χ0) is 20.8. The number of hydrogen-bond donors (Lipinski definition) is 2. The number of ether oxygens (including phenoxy) is 3. The van der Waals surface area contributed by atoms with Gasteiger partial charge in [0.2, 0.25) is 0 Å². The molecule has 0 unspecified atom stereocenters. The van der Waals surface area contributed by atoms with E-state index in [1.54, 1.807) is 28.4 Å². The number of para-hydroxylation sites is 1. The highest BCUT2D eigenvalue weighted by molar-refractivity contribution is 14.0. The van der Waals surface area contributed by atoms with Crippen molar-refractivity contribution >= 4 is 40.9 Å². The van der Waals surface area contributed by atoms with Crippen molar-refractivity contribution in [3.8, 4) is 17.2 Å². The Balaban J connectivity index is 0.00000320. The fraction of sp³-hybridized carbons (Fsp3) is 0.318. The molecule has 1 aromatic heterocycles. The smallest absolute Gasteiger partial charge is 0.191 e. The number of aliphatic imine (C=N–C) groups is 1. The van der Waals surface area contributed by atoms with Gasteiger partial charge in [-0.2, -0.15) is 0 Å². The van der Waals surface area contributed by atoms with Gasteiger partial charge in [-0.15, -0.1) is 24.0 Å². The SMILES string of the molecule is CN=C(NCc1cc(OC)c(OC)cc1OC)NCc1oc2ccccc2c1C.I. The summed E-state index contributed by atoms with van der Waals surface area (Å²) < 4.78 is 22.2. The number of benzene rings is 2. The van der Waals surface area contributed by atoms with Crippen LogP contribution in [-0.2, 0) is 13.1 Å². The van der Waals surface area contributed by atoms with E-state index in [-0.39, 0.29) is 24.0 Å². The Morgan fingerprint density at radius 2 is 1.57 bits per heavy atom. The molecule has 2 aromatic carbocycles. The lowest BCUT2D eigenvalue weighted by molar-refractivity contribution is 0.347. The molecule has 0 radical (unpaired) electrons. The summed E-state index contributed by atoms with van der Waals surface area (Å²) in [6.45, 7) is 3.10. The lowest BCUT2D eigenvalue weighted by Crippen LogP contribution is -2.36.